The molecule has 1 N–H and O–H groups in total. The maximum absolute atomic E-state index is 12.2. The average molecular weight is 344 g/mol. The number of fused-ring (bicyclic) bond motifs is 1. The summed E-state index contributed by atoms with van der Waals surface area (Å²) in [5.41, 5.74) is 1.27. The van der Waals surface area contributed by atoms with Gasteiger partial charge in [-0.05, 0) is 18.2 Å². The third-order valence-corrected chi connectivity index (χ3v) is 3.97. The minimum Gasteiger partial charge on any atom is -0.497 e. The van der Waals surface area contributed by atoms with Gasteiger partial charge >= 0.3 is 5.97 Å². The summed E-state index contributed by atoms with van der Waals surface area (Å²) in [6.07, 6.45) is 0. The van der Waals surface area contributed by atoms with Gasteiger partial charge in [0.25, 0.3) is 0 Å². The minimum atomic E-state index is -0.674. The molecule has 6 heteroatoms. The first-order chi connectivity index (χ1) is 11.6. The van der Waals surface area contributed by atoms with Crippen LogP contribution in [0.2, 0.25) is 5.02 Å². The quantitative estimate of drug-likeness (QED) is 0.564. The highest BCUT2D eigenvalue weighted by Gasteiger charge is 2.19. The van der Waals surface area contributed by atoms with Crippen LogP contribution in [0.25, 0.3) is 10.9 Å². The third kappa shape index (κ3) is 3.12. The third-order valence-electron chi connectivity index (χ3n) is 3.57. The molecule has 0 atom stereocenters. The summed E-state index contributed by atoms with van der Waals surface area (Å²) < 4.78 is 10.2. The number of carbonyl (C=O) groups excluding carboxylic acids is 2. The Morgan fingerprint density at radius 3 is 2.67 bits per heavy atom. The molecule has 3 rings (SSSR count). The molecule has 3 aromatic rings. The zero-order valence-electron chi connectivity index (χ0n) is 12.8. The number of methoxy groups -OCH3 is 1. The van der Waals surface area contributed by atoms with E-state index in [0.29, 0.717) is 11.3 Å². The molecule has 0 saturated heterocycles. The Hall–Kier alpha value is -2.79. The van der Waals surface area contributed by atoms with Gasteiger partial charge in [0.05, 0.1) is 12.1 Å². The molecule has 0 unspecified atom stereocenters. The summed E-state index contributed by atoms with van der Waals surface area (Å²) in [6.45, 7) is -0.377. The molecule has 5 nitrogen and oxygen atoms in total. The number of halogens is 1. The van der Waals surface area contributed by atoms with Crippen molar-refractivity contribution < 1.29 is 19.1 Å². The lowest BCUT2D eigenvalue weighted by Crippen LogP contribution is -2.14. The fraction of sp³-hybridized carbons (Fsp3) is 0.111. The normalized spacial score (nSPS) is 10.6. The second kappa shape index (κ2) is 6.76. The van der Waals surface area contributed by atoms with Crippen LogP contribution < -0.4 is 4.74 Å². The summed E-state index contributed by atoms with van der Waals surface area (Å²) in [5.74, 6) is -0.437. The molecule has 0 aliphatic rings. The Balaban J connectivity index is 1.72. The van der Waals surface area contributed by atoms with Crippen LogP contribution in [0.15, 0.2) is 48.5 Å². The number of aromatic amines is 1. The van der Waals surface area contributed by atoms with E-state index < -0.39 is 5.97 Å². The lowest BCUT2D eigenvalue weighted by molar-refractivity contribution is 0.0470. The van der Waals surface area contributed by atoms with E-state index in [4.69, 9.17) is 21.1 Å². The number of esters is 1. The van der Waals surface area contributed by atoms with Crippen LogP contribution in [0.5, 0.6) is 5.75 Å². The Morgan fingerprint density at radius 1 is 1.12 bits per heavy atom. The van der Waals surface area contributed by atoms with E-state index >= 15 is 0 Å². The van der Waals surface area contributed by atoms with E-state index in [1.54, 1.807) is 36.4 Å². The second-order valence-corrected chi connectivity index (χ2v) is 5.47. The van der Waals surface area contributed by atoms with Gasteiger partial charge in [-0.2, -0.15) is 0 Å². The molecule has 1 aromatic heterocycles. The first-order valence-electron chi connectivity index (χ1n) is 7.20. The number of benzene rings is 2. The van der Waals surface area contributed by atoms with Gasteiger partial charge in [0.1, 0.15) is 11.4 Å². The predicted molar refractivity (Wildman–Crippen MR) is 90.9 cm³/mol. The van der Waals surface area contributed by atoms with Crippen molar-refractivity contribution in [1.82, 2.24) is 4.98 Å². The molecule has 24 heavy (non-hydrogen) atoms. The Labute approximate surface area is 143 Å². The number of nitrogens with one attached hydrogen (secondary N) is 1. The van der Waals surface area contributed by atoms with Crippen molar-refractivity contribution in [2.45, 2.75) is 0 Å². The van der Waals surface area contributed by atoms with E-state index in [1.165, 1.54) is 7.11 Å². The minimum absolute atomic E-state index is 0.135. The van der Waals surface area contributed by atoms with Crippen molar-refractivity contribution in [3.8, 4) is 5.75 Å². The van der Waals surface area contributed by atoms with Gasteiger partial charge < -0.3 is 14.5 Å². The van der Waals surface area contributed by atoms with Gasteiger partial charge in [-0.25, -0.2) is 4.79 Å². The zero-order chi connectivity index (χ0) is 17.1. The summed E-state index contributed by atoms with van der Waals surface area (Å²) in [7, 11) is 1.52. The molecule has 0 aliphatic carbocycles. The van der Waals surface area contributed by atoms with Crippen LogP contribution in [0, 0.1) is 0 Å². The highest BCUT2D eigenvalue weighted by Crippen LogP contribution is 2.27. The van der Waals surface area contributed by atoms with Gasteiger partial charge in [-0.1, -0.05) is 41.9 Å². The van der Waals surface area contributed by atoms with E-state index in [2.05, 4.69) is 4.98 Å². The largest absolute Gasteiger partial charge is 0.497 e. The number of ether oxygens (including phenoxy) is 2. The molecule has 2 aromatic carbocycles. The molecule has 0 amide bonds. The SMILES string of the molecule is COc1cccc(C(=O)COC(=O)c2[nH]c3ccccc3c2Cl)c1. The van der Waals surface area contributed by atoms with Gasteiger partial charge in [-0.15, -0.1) is 0 Å². The number of carbonyl (C=O) groups is 2. The average Bonchev–Trinajstić information content (AvgIpc) is 2.96. The molecule has 0 fully saturated rings. The van der Waals surface area contributed by atoms with Crippen molar-refractivity contribution in [3.05, 3.63) is 64.8 Å². The number of rotatable bonds is 5. The fourth-order valence-electron chi connectivity index (χ4n) is 2.33. The number of aromatic nitrogens is 1. The lowest BCUT2D eigenvalue weighted by atomic mass is 10.1. The first kappa shape index (κ1) is 16.1. The topological polar surface area (TPSA) is 68.4 Å². The monoisotopic (exact) mass is 343 g/mol. The summed E-state index contributed by atoms with van der Waals surface area (Å²) in [5, 5.41) is 1.01. The van der Waals surface area contributed by atoms with Crippen LogP contribution in [0.1, 0.15) is 20.8 Å². The standard InChI is InChI=1S/C18H14ClNO4/c1-23-12-6-4-5-11(9-12)15(21)10-24-18(22)17-16(19)13-7-2-3-8-14(13)20-17/h2-9,20H,10H2,1H3. The van der Waals surface area contributed by atoms with Crippen LogP contribution in [0.3, 0.4) is 0 Å². The number of para-hydroxylation sites is 1. The number of ketones is 1. The van der Waals surface area contributed by atoms with E-state index in [1.807, 2.05) is 12.1 Å². The van der Waals surface area contributed by atoms with E-state index in [-0.39, 0.29) is 23.1 Å². The number of Topliss-reactive ketones (excluding diaryl/α,β-unsaturated/α-hetero) is 1. The number of hydrogen-bond acceptors (Lipinski definition) is 4. The van der Waals surface area contributed by atoms with Crippen molar-refractivity contribution >= 4 is 34.3 Å². The highest BCUT2D eigenvalue weighted by molar-refractivity contribution is 6.38. The smallest absolute Gasteiger partial charge is 0.356 e. The first-order valence-corrected chi connectivity index (χ1v) is 7.58. The van der Waals surface area contributed by atoms with Gasteiger partial charge in [0.15, 0.2) is 12.4 Å². The van der Waals surface area contributed by atoms with Crippen molar-refractivity contribution in [1.29, 1.82) is 0 Å². The fourth-order valence-corrected chi connectivity index (χ4v) is 2.62. The maximum Gasteiger partial charge on any atom is 0.356 e. The molecule has 1 heterocycles. The molecular formula is C18H14ClNO4. The van der Waals surface area contributed by atoms with Crippen LogP contribution in [-0.4, -0.2) is 30.5 Å². The van der Waals surface area contributed by atoms with Crippen LogP contribution in [-0.2, 0) is 4.74 Å². The summed E-state index contributed by atoms with van der Waals surface area (Å²) >= 11 is 6.19. The highest BCUT2D eigenvalue weighted by atomic mass is 35.5. The van der Waals surface area contributed by atoms with Crippen LogP contribution >= 0.6 is 11.6 Å². The van der Waals surface area contributed by atoms with Gasteiger partial charge in [0, 0.05) is 16.5 Å². The Bertz CT molecular complexity index is 916. The maximum atomic E-state index is 12.2. The van der Waals surface area contributed by atoms with Crippen LogP contribution in [0.4, 0.5) is 0 Å². The molecule has 122 valence electrons. The van der Waals surface area contributed by atoms with E-state index in [0.717, 1.165) is 10.9 Å². The van der Waals surface area contributed by atoms with Crippen molar-refractivity contribution in [3.63, 3.8) is 0 Å². The Morgan fingerprint density at radius 2 is 1.92 bits per heavy atom. The summed E-state index contributed by atoms with van der Waals surface area (Å²) in [4.78, 5) is 27.2. The Kier molecular flexibility index (Phi) is 4.53. The molecule has 0 bridgehead atoms. The molecule has 0 spiro atoms. The second-order valence-electron chi connectivity index (χ2n) is 5.09. The lowest BCUT2D eigenvalue weighted by Gasteiger charge is -2.05. The predicted octanol–water partition coefficient (Wildman–Crippen LogP) is 3.87. The molecule has 0 aliphatic heterocycles. The molecule has 0 radical (unpaired) electrons. The molecular weight excluding hydrogens is 330 g/mol. The summed E-state index contributed by atoms with van der Waals surface area (Å²) in [6, 6.07) is 13.9. The van der Waals surface area contributed by atoms with E-state index in [9.17, 15) is 9.59 Å². The molecule has 0 saturated carbocycles. The number of H-pyrrole nitrogens is 1. The van der Waals surface area contributed by atoms with Crippen molar-refractivity contribution in [2.75, 3.05) is 13.7 Å². The van der Waals surface area contributed by atoms with Gasteiger partial charge in [-0.3, -0.25) is 4.79 Å². The number of hydrogen-bond donors (Lipinski definition) is 1. The van der Waals surface area contributed by atoms with Crippen molar-refractivity contribution in [2.24, 2.45) is 0 Å². The zero-order valence-corrected chi connectivity index (χ0v) is 13.6. The van der Waals surface area contributed by atoms with Gasteiger partial charge in [0.2, 0.25) is 0 Å².